The highest BCUT2D eigenvalue weighted by molar-refractivity contribution is 5.77. The van der Waals surface area contributed by atoms with Crippen LogP contribution in [0.3, 0.4) is 0 Å². The van der Waals surface area contributed by atoms with Gasteiger partial charge in [-0.3, -0.25) is 4.79 Å². The van der Waals surface area contributed by atoms with Gasteiger partial charge in [-0.1, -0.05) is 6.08 Å². The summed E-state index contributed by atoms with van der Waals surface area (Å²) in [5.74, 6) is -0.392. The van der Waals surface area contributed by atoms with Crippen LogP contribution in [0.4, 0.5) is 10.1 Å². The van der Waals surface area contributed by atoms with Gasteiger partial charge in [0.25, 0.3) is 0 Å². The fourth-order valence-electron chi connectivity index (χ4n) is 1.42. The highest BCUT2D eigenvalue weighted by atomic mass is 19.1. The van der Waals surface area contributed by atoms with Crippen LogP contribution in [0.25, 0.3) is 0 Å². The zero-order valence-electron chi connectivity index (χ0n) is 8.74. The third kappa shape index (κ3) is 2.91. The van der Waals surface area contributed by atoms with Crippen LogP contribution >= 0.6 is 0 Å². The van der Waals surface area contributed by atoms with Crippen molar-refractivity contribution in [3.05, 3.63) is 42.2 Å². The van der Waals surface area contributed by atoms with Crippen LogP contribution in [0.5, 0.6) is 0 Å². The van der Waals surface area contributed by atoms with E-state index >= 15 is 0 Å². The first-order chi connectivity index (χ1) is 7.21. The van der Waals surface area contributed by atoms with E-state index in [-0.39, 0.29) is 0 Å². The molecule has 3 heteroatoms. The number of hydrogen-bond acceptors (Lipinski definition) is 2. The Bertz CT molecular complexity index is 363. The highest BCUT2D eigenvalue weighted by Crippen LogP contribution is 2.17. The molecule has 1 rings (SSSR count). The van der Waals surface area contributed by atoms with Crippen molar-refractivity contribution in [1.29, 1.82) is 0 Å². The van der Waals surface area contributed by atoms with Gasteiger partial charge in [-0.2, -0.15) is 0 Å². The monoisotopic (exact) mass is 207 g/mol. The second-order valence-electron chi connectivity index (χ2n) is 3.19. The lowest BCUT2D eigenvalue weighted by molar-refractivity contribution is 0.112. The fraction of sp³-hybridized carbons (Fsp3) is 0.250. The van der Waals surface area contributed by atoms with E-state index in [9.17, 15) is 9.18 Å². The van der Waals surface area contributed by atoms with Gasteiger partial charge < -0.3 is 4.90 Å². The first-order valence-corrected chi connectivity index (χ1v) is 4.83. The zero-order chi connectivity index (χ0) is 11.3. The Kier molecular flexibility index (Phi) is 4.03. The van der Waals surface area contributed by atoms with Crippen LogP contribution in [-0.4, -0.2) is 19.4 Å². The second kappa shape index (κ2) is 5.29. The molecule has 80 valence electrons. The predicted octanol–water partition coefficient (Wildman–Crippen LogP) is 2.65. The lowest BCUT2D eigenvalue weighted by Crippen LogP contribution is -2.22. The topological polar surface area (TPSA) is 20.3 Å². The Morgan fingerprint density at radius 1 is 1.47 bits per heavy atom. The zero-order valence-corrected chi connectivity index (χ0v) is 8.74. The first-order valence-electron chi connectivity index (χ1n) is 4.83. The van der Waals surface area contributed by atoms with E-state index in [2.05, 4.69) is 6.58 Å². The van der Waals surface area contributed by atoms with E-state index in [1.165, 1.54) is 12.1 Å². The lowest BCUT2D eigenvalue weighted by atomic mass is 10.2. The van der Waals surface area contributed by atoms with Crippen molar-refractivity contribution in [1.82, 2.24) is 0 Å². The van der Waals surface area contributed by atoms with Gasteiger partial charge in [0.1, 0.15) is 12.1 Å². The maximum atomic E-state index is 13.1. The SMILES string of the molecule is C=CCN(CC)c1cc(F)cc(C=O)c1. The number of halogens is 1. The molecule has 0 N–H and O–H groups in total. The number of rotatable bonds is 5. The van der Waals surface area contributed by atoms with Gasteiger partial charge in [0, 0.05) is 24.3 Å². The van der Waals surface area contributed by atoms with Crippen molar-refractivity contribution in [3.63, 3.8) is 0 Å². The smallest absolute Gasteiger partial charge is 0.150 e. The summed E-state index contributed by atoms with van der Waals surface area (Å²) in [6, 6.07) is 4.31. The lowest BCUT2D eigenvalue weighted by Gasteiger charge is -2.21. The molecule has 0 amide bonds. The summed E-state index contributed by atoms with van der Waals surface area (Å²) < 4.78 is 13.1. The van der Waals surface area contributed by atoms with E-state index in [0.29, 0.717) is 24.1 Å². The molecule has 0 aliphatic rings. The maximum absolute atomic E-state index is 13.1. The Balaban J connectivity index is 3.05. The molecular weight excluding hydrogens is 193 g/mol. The summed E-state index contributed by atoms with van der Waals surface area (Å²) >= 11 is 0. The number of aldehydes is 1. The van der Waals surface area contributed by atoms with Crippen LogP contribution in [0, 0.1) is 5.82 Å². The van der Waals surface area contributed by atoms with Crippen LogP contribution in [0.15, 0.2) is 30.9 Å². The van der Waals surface area contributed by atoms with Crippen molar-refractivity contribution >= 4 is 12.0 Å². The maximum Gasteiger partial charge on any atom is 0.150 e. The Morgan fingerprint density at radius 3 is 2.73 bits per heavy atom. The molecule has 0 heterocycles. The third-order valence-corrected chi connectivity index (χ3v) is 2.14. The van der Waals surface area contributed by atoms with E-state index in [1.54, 1.807) is 12.1 Å². The summed E-state index contributed by atoms with van der Waals surface area (Å²) in [6.45, 7) is 6.98. The predicted molar refractivity (Wildman–Crippen MR) is 59.9 cm³/mol. The Morgan fingerprint density at radius 2 is 2.20 bits per heavy atom. The molecule has 0 spiro atoms. The van der Waals surface area contributed by atoms with Crippen molar-refractivity contribution in [3.8, 4) is 0 Å². The number of anilines is 1. The number of carbonyl (C=O) groups excluding carboxylic acids is 1. The van der Waals surface area contributed by atoms with Gasteiger partial charge in [-0.25, -0.2) is 4.39 Å². The van der Waals surface area contributed by atoms with Gasteiger partial charge in [-0.15, -0.1) is 6.58 Å². The summed E-state index contributed by atoms with van der Waals surface area (Å²) in [4.78, 5) is 12.5. The average Bonchev–Trinajstić information content (AvgIpc) is 2.24. The molecule has 1 aromatic rings. The first kappa shape index (κ1) is 11.4. The molecule has 1 aromatic carbocycles. The van der Waals surface area contributed by atoms with E-state index < -0.39 is 5.82 Å². The van der Waals surface area contributed by atoms with Crippen LogP contribution < -0.4 is 4.90 Å². The molecule has 2 nitrogen and oxygen atoms in total. The van der Waals surface area contributed by atoms with E-state index in [0.717, 1.165) is 6.54 Å². The average molecular weight is 207 g/mol. The van der Waals surface area contributed by atoms with Crippen LogP contribution in [0.2, 0.25) is 0 Å². The van der Waals surface area contributed by atoms with Crippen LogP contribution in [-0.2, 0) is 0 Å². The number of carbonyl (C=O) groups is 1. The molecule has 0 radical (unpaired) electrons. The van der Waals surface area contributed by atoms with E-state index in [4.69, 9.17) is 0 Å². The number of nitrogens with zero attached hydrogens (tertiary/aromatic N) is 1. The molecule has 15 heavy (non-hydrogen) atoms. The van der Waals surface area contributed by atoms with E-state index in [1.807, 2.05) is 11.8 Å². The fourth-order valence-corrected chi connectivity index (χ4v) is 1.42. The Labute approximate surface area is 89.0 Å². The Hall–Kier alpha value is -1.64. The molecular formula is C12H14FNO. The van der Waals surface area contributed by atoms with Gasteiger partial charge >= 0.3 is 0 Å². The summed E-state index contributed by atoms with van der Waals surface area (Å²) in [7, 11) is 0. The van der Waals surface area contributed by atoms with Crippen LogP contribution in [0.1, 0.15) is 17.3 Å². The van der Waals surface area contributed by atoms with Gasteiger partial charge in [0.15, 0.2) is 0 Å². The molecule has 0 bridgehead atoms. The molecule has 0 atom stereocenters. The normalized spacial score (nSPS) is 9.73. The molecule has 0 fully saturated rings. The summed E-state index contributed by atoms with van der Waals surface area (Å²) in [5, 5.41) is 0. The highest BCUT2D eigenvalue weighted by Gasteiger charge is 2.05. The van der Waals surface area contributed by atoms with Gasteiger partial charge in [0.2, 0.25) is 0 Å². The minimum absolute atomic E-state index is 0.354. The van der Waals surface area contributed by atoms with Crippen molar-refractivity contribution in [2.24, 2.45) is 0 Å². The minimum Gasteiger partial charge on any atom is -0.368 e. The molecule has 0 saturated carbocycles. The second-order valence-corrected chi connectivity index (χ2v) is 3.19. The quantitative estimate of drug-likeness (QED) is 0.546. The van der Waals surface area contributed by atoms with Gasteiger partial charge in [-0.05, 0) is 25.1 Å². The number of likely N-dealkylation sites (N-methyl/N-ethyl adjacent to an activating group) is 1. The van der Waals surface area contributed by atoms with Crippen molar-refractivity contribution in [2.45, 2.75) is 6.92 Å². The number of benzene rings is 1. The largest absolute Gasteiger partial charge is 0.368 e. The number of hydrogen-bond donors (Lipinski definition) is 0. The van der Waals surface area contributed by atoms with Crippen molar-refractivity contribution < 1.29 is 9.18 Å². The summed E-state index contributed by atoms with van der Waals surface area (Å²) in [5.41, 5.74) is 1.06. The third-order valence-electron chi connectivity index (χ3n) is 2.14. The van der Waals surface area contributed by atoms with Crippen molar-refractivity contribution in [2.75, 3.05) is 18.0 Å². The van der Waals surface area contributed by atoms with Gasteiger partial charge in [0.05, 0.1) is 0 Å². The minimum atomic E-state index is -0.392. The standard InChI is InChI=1S/C12H14FNO/c1-3-5-14(4-2)12-7-10(9-15)6-11(13)8-12/h3,6-9H,1,4-5H2,2H3. The molecule has 0 saturated heterocycles. The summed E-state index contributed by atoms with van der Waals surface area (Å²) in [6.07, 6.45) is 2.39. The molecule has 0 aromatic heterocycles. The molecule has 0 aliphatic heterocycles. The molecule has 0 aliphatic carbocycles. The molecule has 0 unspecified atom stereocenters.